The molecule has 11 aromatic rings. The van der Waals surface area contributed by atoms with Crippen molar-refractivity contribution in [2.75, 3.05) is 4.90 Å². The predicted octanol–water partition coefficient (Wildman–Crippen LogP) is 16.1. The number of para-hydroxylation sites is 4. The maximum absolute atomic E-state index is 6.55. The van der Waals surface area contributed by atoms with E-state index in [1.54, 1.807) is 0 Å². The molecule has 61 heavy (non-hydrogen) atoms. The van der Waals surface area contributed by atoms with Crippen molar-refractivity contribution < 1.29 is 4.42 Å². The first-order chi connectivity index (χ1) is 30.3. The minimum absolute atomic E-state index is 0.940. The van der Waals surface area contributed by atoms with Crippen LogP contribution in [0.25, 0.3) is 88.7 Å². The highest BCUT2D eigenvalue weighted by atomic mass is 16.3. The van der Waals surface area contributed by atoms with Crippen molar-refractivity contribution in [2.24, 2.45) is 0 Å². The Morgan fingerprint density at radius 2 is 0.984 bits per heavy atom. The summed E-state index contributed by atoms with van der Waals surface area (Å²) in [5, 5.41) is 6.06. The topological polar surface area (TPSA) is 21.3 Å². The third-order valence-electron chi connectivity index (χ3n) is 12.5. The highest BCUT2D eigenvalue weighted by molar-refractivity contribution is 6.11. The highest BCUT2D eigenvalue weighted by Crippen LogP contribution is 2.45. The lowest BCUT2D eigenvalue weighted by molar-refractivity contribution is 0.547. The van der Waals surface area contributed by atoms with Gasteiger partial charge in [0.1, 0.15) is 11.3 Å². The molecule has 3 nitrogen and oxygen atoms in total. The van der Waals surface area contributed by atoms with Crippen LogP contribution in [0.2, 0.25) is 0 Å². The first-order valence-corrected chi connectivity index (χ1v) is 21.2. The van der Waals surface area contributed by atoms with Gasteiger partial charge in [-0.3, -0.25) is 0 Å². The van der Waals surface area contributed by atoms with Crippen LogP contribution >= 0.6 is 0 Å². The van der Waals surface area contributed by atoms with Crippen molar-refractivity contribution in [3.63, 3.8) is 0 Å². The Labute approximate surface area is 354 Å². The minimum Gasteiger partial charge on any atom is -0.460 e. The maximum atomic E-state index is 6.55. The Morgan fingerprint density at radius 3 is 1.72 bits per heavy atom. The lowest BCUT2D eigenvalue weighted by Crippen LogP contribution is -2.10. The van der Waals surface area contributed by atoms with Gasteiger partial charge in [0, 0.05) is 56.0 Å². The lowest BCUT2D eigenvalue weighted by Gasteiger charge is -2.28. The fourth-order valence-electron chi connectivity index (χ4n) is 9.64. The van der Waals surface area contributed by atoms with Gasteiger partial charge in [0.25, 0.3) is 0 Å². The number of nitrogens with zero attached hydrogens (tertiary/aromatic N) is 2. The molecule has 0 amide bonds. The smallest absolute Gasteiger partial charge is 0.142 e. The van der Waals surface area contributed by atoms with Crippen LogP contribution in [0.5, 0.6) is 0 Å². The molecule has 0 spiro atoms. The fourth-order valence-corrected chi connectivity index (χ4v) is 9.64. The second kappa shape index (κ2) is 14.4. The molecule has 0 fully saturated rings. The second-order valence-electron chi connectivity index (χ2n) is 15.9. The van der Waals surface area contributed by atoms with Gasteiger partial charge >= 0.3 is 0 Å². The van der Waals surface area contributed by atoms with Crippen LogP contribution in [0.1, 0.15) is 17.7 Å². The van der Waals surface area contributed by atoms with E-state index in [-0.39, 0.29) is 0 Å². The van der Waals surface area contributed by atoms with Crippen molar-refractivity contribution in [2.45, 2.75) is 12.8 Å². The number of hydrogen-bond acceptors (Lipinski definition) is 2. The Balaban J connectivity index is 1.02. The maximum Gasteiger partial charge on any atom is 0.142 e. The Kier molecular flexibility index (Phi) is 8.31. The van der Waals surface area contributed by atoms with E-state index < -0.39 is 0 Å². The molecule has 288 valence electrons. The molecule has 9 aromatic carbocycles. The first-order valence-electron chi connectivity index (χ1n) is 21.2. The molecule has 3 heteroatoms. The number of rotatable bonds is 7. The normalized spacial score (nSPS) is 12.4. The van der Waals surface area contributed by atoms with Gasteiger partial charge in [-0.15, -0.1) is 0 Å². The average Bonchev–Trinajstić information content (AvgIpc) is 3.89. The monoisotopic (exact) mass is 780 g/mol. The summed E-state index contributed by atoms with van der Waals surface area (Å²) >= 11 is 0. The molecular weight excluding hydrogens is 741 g/mol. The zero-order valence-electron chi connectivity index (χ0n) is 33.5. The molecule has 0 bridgehead atoms. The molecule has 2 heterocycles. The lowest BCUT2D eigenvalue weighted by atomic mass is 9.94. The predicted molar refractivity (Wildman–Crippen MR) is 256 cm³/mol. The van der Waals surface area contributed by atoms with Gasteiger partial charge in [-0.05, 0) is 82.6 Å². The molecule has 0 atom stereocenters. The highest BCUT2D eigenvalue weighted by Gasteiger charge is 2.22. The van der Waals surface area contributed by atoms with Crippen LogP contribution in [0, 0.1) is 0 Å². The van der Waals surface area contributed by atoms with Crippen molar-refractivity contribution in [3.8, 4) is 39.1 Å². The number of furan rings is 1. The summed E-state index contributed by atoms with van der Waals surface area (Å²) in [4.78, 5) is 2.40. The van der Waals surface area contributed by atoms with Gasteiger partial charge in [0.05, 0.1) is 22.4 Å². The van der Waals surface area contributed by atoms with Crippen molar-refractivity contribution in [1.29, 1.82) is 0 Å². The van der Waals surface area contributed by atoms with E-state index in [0.717, 1.165) is 58.1 Å². The molecule has 0 aliphatic heterocycles. The standard InChI is InChI=1S/C58H40N2O/c1-2-15-39(16-3-1)40-29-33-42(34-30-40)59(43-35-31-41(32-36-43)44-23-14-24-52-51-22-9-13-28-57(51)61-58(44)52)56-38-37-46(45-17-4-5-18-47(45)56)48-19-6-10-25-53(48)60-54-26-11-7-20-49(54)50-21-8-12-27-55(50)60/h1-12,14-27,29-38H,13,28H2. The summed E-state index contributed by atoms with van der Waals surface area (Å²) in [6.45, 7) is 0. The third kappa shape index (κ3) is 5.81. The largest absolute Gasteiger partial charge is 0.460 e. The molecule has 1 aliphatic carbocycles. The van der Waals surface area contributed by atoms with E-state index >= 15 is 0 Å². The van der Waals surface area contributed by atoms with Crippen LogP contribution in [-0.4, -0.2) is 4.57 Å². The molecule has 0 saturated carbocycles. The van der Waals surface area contributed by atoms with E-state index in [9.17, 15) is 0 Å². The van der Waals surface area contributed by atoms with Gasteiger partial charge in [0.15, 0.2) is 0 Å². The van der Waals surface area contributed by atoms with Crippen LogP contribution in [0.15, 0.2) is 217 Å². The number of benzene rings is 9. The molecule has 12 rings (SSSR count). The van der Waals surface area contributed by atoms with E-state index in [0.29, 0.717) is 0 Å². The van der Waals surface area contributed by atoms with Crippen molar-refractivity contribution in [1.82, 2.24) is 4.57 Å². The summed E-state index contributed by atoms with van der Waals surface area (Å²) < 4.78 is 8.98. The number of anilines is 3. The number of aromatic nitrogens is 1. The van der Waals surface area contributed by atoms with Gasteiger partial charge in [-0.1, -0.05) is 170 Å². The van der Waals surface area contributed by atoms with Gasteiger partial charge in [-0.2, -0.15) is 0 Å². The number of allylic oxidation sites excluding steroid dienone is 1. The van der Waals surface area contributed by atoms with Gasteiger partial charge < -0.3 is 13.9 Å². The Hall–Kier alpha value is -7.88. The summed E-state index contributed by atoms with van der Waals surface area (Å²) in [6.07, 6.45) is 6.43. The second-order valence-corrected chi connectivity index (χ2v) is 15.9. The molecule has 0 N–H and O–H groups in total. The summed E-state index contributed by atoms with van der Waals surface area (Å²) in [6, 6.07) is 74.9. The van der Waals surface area contributed by atoms with Crippen LogP contribution in [0.4, 0.5) is 17.1 Å². The molecular formula is C58H40N2O. The summed E-state index contributed by atoms with van der Waals surface area (Å²) in [7, 11) is 0. The van der Waals surface area contributed by atoms with E-state index in [4.69, 9.17) is 4.42 Å². The molecule has 1 aliphatic rings. The summed E-state index contributed by atoms with van der Waals surface area (Å²) in [5.74, 6) is 1.08. The minimum atomic E-state index is 0.940. The van der Waals surface area contributed by atoms with Crippen LogP contribution < -0.4 is 4.90 Å². The molecule has 0 unspecified atom stereocenters. The van der Waals surface area contributed by atoms with Crippen LogP contribution in [-0.2, 0) is 6.42 Å². The van der Waals surface area contributed by atoms with Gasteiger partial charge in [-0.25, -0.2) is 0 Å². The number of fused-ring (bicyclic) bond motifs is 7. The fraction of sp³-hybridized carbons (Fsp3) is 0.0345. The third-order valence-corrected chi connectivity index (χ3v) is 12.5. The van der Waals surface area contributed by atoms with E-state index in [1.807, 2.05) is 0 Å². The molecule has 2 aromatic heterocycles. The van der Waals surface area contributed by atoms with E-state index in [1.165, 1.54) is 65.8 Å². The zero-order chi connectivity index (χ0) is 40.3. The number of aryl methyl sites for hydroxylation is 1. The quantitative estimate of drug-likeness (QED) is 0.161. The van der Waals surface area contributed by atoms with Crippen molar-refractivity contribution >= 4 is 66.7 Å². The molecule has 0 saturated heterocycles. The van der Waals surface area contributed by atoms with Gasteiger partial charge in [0.2, 0.25) is 0 Å². The first kappa shape index (κ1) is 35.1. The average molecular weight is 781 g/mol. The number of hydrogen-bond donors (Lipinski definition) is 0. The summed E-state index contributed by atoms with van der Waals surface area (Å²) in [5.41, 5.74) is 16.0. The van der Waals surface area contributed by atoms with E-state index in [2.05, 4.69) is 228 Å². The zero-order valence-corrected chi connectivity index (χ0v) is 33.5. The Morgan fingerprint density at radius 1 is 0.410 bits per heavy atom. The Bertz CT molecular complexity index is 3410. The molecule has 0 radical (unpaired) electrons. The SMILES string of the molecule is C1=Cc2c(oc3c(-c4ccc(N(c5ccc(-c6ccccc6)cc5)c5ccc(-c6ccccc6-n6c7ccccc7c7ccccc76)c6ccccc56)cc4)cccc23)CC1. The van der Waals surface area contributed by atoms with Crippen molar-refractivity contribution in [3.05, 3.63) is 224 Å². The van der Waals surface area contributed by atoms with Crippen LogP contribution in [0.3, 0.4) is 0 Å².